The van der Waals surface area contributed by atoms with E-state index in [4.69, 9.17) is 0 Å². The smallest absolute Gasteiger partial charge is 0.244 e. The van der Waals surface area contributed by atoms with Crippen molar-refractivity contribution in [3.8, 4) is 0 Å². The summed E-state index contributed by atoms with van der Waals surface area (Å²) in [5.41, 5.74) is 0. The van der Waals surface area contributed by atoms with E-state index < -0.39 is 0 Å². The van der Waals surface area contributed by atoms with Gasteiger partial charge in [-0.25, -0.2) is 0 Å². The monoisotopic (exact) mass is 235 g/mol. The van der Waals surface area contributed by atoms with E-state index in [1.807, 2.05) is 0 Å². The van der Waals surface area contributed by atoms with E-state index in [1.54, 1.807) is 6.20 Å². The molecule has 0 amide bonds. The highest BCUT2D eigenvalue weighted by Crippen LogP contribution is 2.20. The molecule has 0 aliphatic heterocycles. The van der Waals surface area contributed by atoms with Gasteiger partial charge in [0.05, 0.1) is 6.20 Å². The highest BCUT2D eigenvalue weighted by Gasteiger charge is 2.14. The molecule has 1 fully saturated rings. The molecule has 0 spiro atoms. The molecule has 2 N–H and O–H groups in total. The van der Waals surface area contributed by atoms with Crippen LogP contribution in [-0.4, -0.2) is 27.8 Å². The van der Waals surface area contributed by atoms with Crippen molar-refractivity contribution in [2.24, 2.45) is 0 Å². The molecule has 1 heterocycles. The molecular weight excluding hydrogens is 214 g/mol. The largest absolute Gasteiger partial charge is 0.369 e. The normalized spacial score (nSPS) is 16.8. The van der Waals surface area contributed by atoms with E-state index in [0.717, 1.165) is 18.8 Å². The maximum absolute atomic E-state index is 4.41. The molecule has 0 radical (unpaired) electrons. The Morgan fingerprint density at radius 3 is 2.88 bits per heavy atom. The standard InChI is InChI=1S/C12H21N5/c1-2-8-13-11-9-14-17-12(16-11)15-10-6-4-3-5-7-10/h9-10H,2-8H2,1H3,(H2,13,15,16,17). The van der Waals surface area contributed by atoms with Gasteiger partial charge in [-0.15, -0.1) is 5.10 Å². The second kappa shape index (κ2) is 6.37. The molecule has 0 atom stereocenters. The van der Waals surface area contributed by atoms with Crippen LogP contribution in [0.25, 0.3) is 0 Å². The lowest BCUT2D eigenvalue weighted by Gasteiger charge is -2.22. The van der Waals surface area contributed by atoms with Gasteiger partial charge >= 0.3 is 0 Å². The Hall–Kier alpha value is -1.39. The van der Waals surface area contributed by atoms with Gasteiger partial charge in [-0.3, -0.25) is 0 Å². The first-order valence-electron chi connectivity index (χ1n) is 6.58. The summed E-state index contributed by atoms with van der Waals surface area (Å²) < 4.78 is 0. The Morgan fingerprint density at radius 2 is 2.12 bits per heavy atom. The molecule has 0 unspecified atom stereocenters. The van der Waals surface area contributed by atoms with Crippen LogP contribution < -0.4 is 10.6 Å². The van der Waals surface area contributed by atoms with Gasteiger partial charge in [0.1, 0.15) is 5.82 Å². The Bertz CT molecular complexity index is 335. The molecule has 1 aromatic rings. The predicted molar refractivity (Wildman–Crippen MR) is 69.1 cm³/mol. The van der Waals surface area contributed by atoms with Crippen LogP contribution in [-0.2, 0) is 0 Å². The zero-order chi connectivity index (χ0) is 11.9. The van der Waals surface area contributed by atoms with Gasteiger partial charge in [0.2, 0.25) is 5.95 Å². The second-order valence-corrected chi connectivity index (χ2v) is 4.57. The summed E-state index contributed by atoms with van der Waals surface area (Å²) in [6.45, 7) is 3.05. The summed E-state index contributed by atoms with van der Waals surface area (Å²) in [6, 6.07) is 0.520. The van der Waals surface area contributed by atoms with Gasteiger partial charge in [-0.05, 0) is 19.3 Å². The maximum Gasteiger partial charge on any atom is 0.244 e. The highest BCUT2D eigenvalue weighted by atomic mass is 15.3. The van der Waals surface area contributed by atoms with Crippen LogP contribution in [0.2, 0.25) is 0 Å². The van der Waals surface area contributed by atoms with E-state index in [-0.39, 0.29) is 0 Å². The van der Waals surface area contributed by atoms with Crippen molar-refractivity contribution < 1.29 is 0 Å². The van der Waals surface area contributed by atoms with E-state index in [2.05, 4.69) is 32.7 Å². The molecule has 5 nitrogen and oxygen atoms in total. The van der Waals surface area contributed by atoms with Gasteiger partial charge in [0.25, 0.3) is 0 Å². The van der Waals surface area contributed by atoms with Crippen molar-refractivity contribution in [3.63, 3.8) is 0 Å². The van der Waals surface area contributed by atoms with Crippen LogP contribution in [0.1, 0.15) is 45.4 Å². The maximum atomic E-state index is 4.41. The molecule has 94 valence electrons. The van der Waals surface area contributed by atoms with Crippen molar-refractivity contribution in [2.45, 2.75) is 51.5 Å². The van der Waals surface area contributed by atoms with Crippen LogP contribution in [0, 0.1) is 0 Å². The summed E-state index contributed by atoms with van der Waals surface area (Å²) >= 11 is 0. The SMILES string of the molecule is CCCNc1cnnc(NC2CCCCC2)n1. The summed E-state index contributed by atoms with van der Waals surface area (Å²) in [5, 5.41) is 14.6. The molecule has 1 aliphatic rings. The van der Waals surface area contributed by atoms with E-state index in [1.165, 1.54) is 32.1 Å². The molecule has 0 saturated heterocycles. The molecule has 1 aliphatic carbocycles. The average molecular weight is 235 g/mol. The van der Waals surface area contributed by atoms with E-state index in [0.29, 0.717) is 12.0 Å². The third-order valence-corrected chi connectivity index (χ3v) is 3.05. The second-order valence-electron chi connectivity index (χ2n) is 4.57. The first-order chi connectivity index (χ1) is 8.38. The molecule has 0 bridgehead atoms. The first-order valence-corrected chi connectivity index (χ1v) is 6.58. The van der Waals surface area contributed by atoms with Crippen molar-refractivity contribution in [1.29, 1.82) is 0 Å². The summed E-state index contributed by atoms with van der Waals surface area (Å²) in [6.07, 6.45) is 9.15. The number of hydrogen-bond acceptors (Lipinski definition) is 5. The molecular formula is C12H21N5. The lowest BCUT2D eigenvalue weighted by Crippen LogP contribution is -2.23. The Balaban J connectivity index is 1.90. The van der Waals surface area contributed by atoms with Crippen molar-refractivity contribution in [2.75, 3.05) is 17.2 Å². The van der Waals surface area contributed by atoms with Gasteiger partial charge < -0.3 is 10.6 Å². The van der Waals surface area contributed by atoms with Crippen LogP contribution >= 0.6 is 0 Å². The number of aromatic nitrogens is 3. The summed E-state index contributed by atoms with van der Waals surface area (Å²) in [5.74, 6) is 1.46. The fraction of sp³-hybridized carbons (Fsp3) is 0.750. The van der Waals surface area contributed by atoms with Gasteiger partial charge in [0, 0.05) is 12.6 Å². The lowest BCUT2D eigenvalue weighted by atomic mass is 9.96. The summed E-state index contributed by atoms with van der Waals surface area (Å²) in [7, 11) is 0. The molecule has 1 aromatic heterocycles. The Morgan fingerprint density at radius 1 is 1.29 bits per heavy atom. The van der Waals surface area contributed by atoms with Crippen LogP contribution in [0.4, 0.5) is 11.8 Å². The van der Waals surface area contributed by atoms with Crippen molar-refractivity contribution in [3.05, 3.63) is 6.20 Å². The zero-order valence-corrected chi connectivity index (χ0v) is 10.4. The molecule has 1 saturated carbocycles. The minimum absolute atomic E-state index is 0.520. The molecule has 2 rings (SSSR count). The molecule has 5 heteroatoms. The fourth-order valence-corrected chi connectivity index (χ4v) is 2.13. The van der Waals surface area contributed by atoms with E-state index >= 15 is 0 Å². The Labute approximate surface area is 102 Å². The number of anilines is 2. The first kappa shape index (κ1) is 12.1. The Kier molecular flexibility index (Phi) is 4.53. The third-order valence-electron chi connectivity index (χ3n) is 3.05. The van der Waals surface area contributed by atoms with Gasteiger partial charge in [-0.1, -0.05) is 26.2 Å². The number of hydrogen-bond donors (Lipinski definition) is 2. The minimum Gasteiger partial charge on any atom is -0.369 e. The van der Waals surface area contributed by atoms with Crippen molar-refractivity contribution >= 4 is 11.8 Å². The van der Waals surface area contributed by atoms with Crippen LogP contribution in [0.5, 0.6) is 0 Å². The topological polar surface area (TPSA) is 62.7 Å². The van der Waals surface area contributed by atoms with Crippen molar-refractivity contribution in [1.82, 2.24) is 15.2 Å². The van der Waals surface area contributed by atoms with E-state index in [9.17, 15) is 0 Å². The number of nitrogens with zero attached hydrogens (tertiary/aromatic N) is 3. The van der Waals surface area contributed by atoms with Gasteiger partial charge in [-0.2, -0.15) is 10.1 Å². The fourth-order valence-electron chi connectivity index (χ4n) is 2.13. The number of rotatable bonds is 5. The number of nitrogens with one attached hydrogen (secondary N) is 2. The average Bonchev–Trinajstić information content (AvgIpc) is 2.38. The predicted octanol–water partition coefficient (Wildman–Crippen LogP) is 2.44. The molecule has 0 aromatic carbocycles. The minimum atomic E-state index is 0.520. The molecule has 17 heavy (non-hydrogen) atoms. The zero-order valence-electron chi connectivity index (χ0n) is 10.4. The van der Waals surface area contributed by atoms with Gasteiger partial charge in [0.15, 0.2) is 0 Å². The highest BCUT2D eigenvalue weighted by molar-refractivity contribution is 5.37. The summed E-state index contributed by atoms with van der Waals surface area (Å²) in [4.78, 5) is 4.41. The lowest BCUT2D eigenvalue weighted by molar-refractivity contribution is 0.460. The van der Waals surface area contributed by atoms with Crippen LogP contribution in [0.15, 0.2) is 6.20 Å². The quantitative estimate of drug-likeness (QED) is 0.820. The van der Waals surface area contributed by atoms with Crippen LogP contribution in [0.3, 0.4) is 0 Å². The third kappa shape index (κ3) is 3.84.